The van der Waals surface area contributed by atoms with Crippen LogP contribution in [-0.4, -0.2) is 82.1 Å². The van der Waals surface area contributed by atoms with E-state index >= 15 is 0 Å². The zero-order chi connectivity index (χ0) is 23.8. The minimum absolute atomic E-state index is 0. The minimum Gasteiger partial charge on any atom is -0.375 e. The van der Waals surface area contributed by atoms with E-state index in [1.807, 2.05) is 24.8 Å². The van der Waals surface area contributed by atoms with E-state index in [0.717, 1.165) is 56.6 Å². The number of ether oxygens (including phenoxy) is 1. The van der Waals surface area contributed by atoms with E-state index in [-0.39, 0.29) is 48.5 Å². The lowest BCUT2D eigenvalue weighted by molar-refractivity contribution is -0.142. The highest BCUT2D eigenvalue weighted by atomic mass is 35.5. The number of carbonyl (C=O) groups is 1. The van der Waals surface area contributed by atoms with Crippen LogP contribution in [0.25, 0.3) is 16.9 Å². The molecular formula is C24H32ClFN6O3. The summed E-state index contributed by atoms with van der Waals surface area (Å²) in [5, 5.41) is 9.53. The Morgan fingerprint density at radius 1 is 1.26 bits per heavy atom. The zero-order valence-electron chi connectivity index (χ0n) is 20.3. The van der Waals surface area contributed by atoms with Crippen molar-refractivity contribution in [1.29, 1.82) is 0 Å². The predicted octanol–water partition coefficient (Wildman–Crippen LogP) is 3.38. The van der Waals surface area contributed by atoms with Gasteiger partial charge in [0.05, 0.1) is 5.69 Å². The second-order valence-corrected chi connectivity index (χ2v) is 9.69. The van der Waals surface area contributed by atoms with Crippen molar-refractivity contribution in [1.82, 2.24) is 29.7 Å². The van der Waals surface area contributed by atoms with Crippen LogP contribution >= 0.6 is 12.4 Å². The molecule has 2 aliphatic rings. The molecule has 2 fully saturated rings. The Bertz CT molecular complexity index is 1170. The Morgan fingerprint density at radius 2 is 2.00 bits per heavy atom. The van der Waals surface area contributed by atoms with Crippen LogP contribution in [0.2, 0.25) is 0 Å². The fraction of sp³-hybridized carbons (Fsp3) is 0.583. The van der Waals surface area contributed by atoms with Gasteiger partial charge in [0.15, 0.2) is 0 Å². The zero-order valence-corrected chi connectivity index (χ0v) is 21.1. The summed E-state index contributed by atoms with van der Waals surface area (Å²) in [5.74, 6) is 1.41. The van der Waals surface area contributed by atoms with Gasteiger partial charge in [-0.15, -0.1) is 12.4 Å². The first-order valence-corrected chi connectivity index (χ1v) is 11.9. The molecule has 0 N–H and O–H groups in total. The van der Waals surface area contributed by atoms with Gasteiger partial charge in [-0.1, -0.05) is 26.0 Å². The number of hydrogen-bond donors (Lipinski definition) is 0. The molecule has 1 amide bonds. The third-order valence-electron chi connectivity index (χ3n) is 6.88. The number of benzene rings is 1. The van der Waals surface area contributed by atoms with Crippen molar-refractivity contribution in [2.75, 3.05) is 46.4 Å². The number of hydrogen-bond acceptors (Lipinski definition) is 7. The quantitative estimate of drug-likeness (QED) is 0.485. The number of rotatable bonds is 7. The molecule has 2 aromatic heterocycles. The van der Waals surface area contributed by atoms with Crippen LogP contribution in [0, 0.1) is 11.7 Å². The van der Waals surface area contributed by atoms with E-state index in [0.29, 0.717) is 17.3 Å². The molecule has 2 aliphatic heterocycles. The van der Waals surface area contributed by atoms with E-state index in [1.54, 1.807) is 13.2 Å². The molecule has 5 rings (SSSR count). The number of piperidine rings is 1. The lowest BCUT2D eigenvalue weighted by Gasteiger charge is -2.42. The van der Waals surface area contributed by atoms with E-state index in [4.69, 9.17) is 9.26 Å². The maximum atomic E-state index is 14.7. The van der Waals surface area contributed by atoms with Crippen molar-refractivity contribution in [3.05, 3.63) is 35.6 Å². The Kier molecular flexibility index (Phi) is 7.73. The summed E-state index contributed by atoms with van der Waals surface area (Å²) in [7, 11) is 1.55. The molecule has 3 aromatic rings. The van der Waals surface area contributed by atoms with E-state index in [9.17, 15) is 9.18 Å². The monoisotopic (exact) mass is 506 g/mol. The lowest BCUT2D eigenvalue weighted by Crippen LogP contribution is -2.55. The maximum absolute atomic E-state index is 14.7. The second kappa shape index (κ2) is 10.6. The molecule has 11 heteroatoms. The van der Waals surface area contributed by atoms with Gasteiger partial charge in [-0.2, -0.15) is 14.8 Å². The number of methoxy groups -OCH3 is 1. The SMILES string of the molecule is COCC(=O)N1CC(CN2CCC(c3nc(-n4nc(C(C)C)c5cccc(F)c54)no3)CC2)C1.Cl. The minimum atomic E-state index is -0.352. The number of aromatic nitrogens is 4. The number of fused-ring (bicyclic) bond motifs is 1. The number of amides is 1. The van der Waals surface area contributed by atoms with Crippen LogP contribution in [-0.2, 0) is 9.53 Å². The average Bonchev–Trinajstić information content (AvgIpc) is 3.42. The first-order chi connectivity index (χ1) is 16.4. The van der Waals surface area contributed by atoms with E-state index < -0.39 is 0 Å². The normalized spacial score (nSPS) is 17.7. The standard InChI is InChI=1S/C24H31FN6O3.ClH/c1-15(2)21-18-5-4-6-19(25)22(18)31(27-21)24-26-23(34-28-24)17-7-9-29(10-8-17)11-16-12-30(13-16)20(32)14-33-3;/h4-6,15-17H,7-14H2,1-3H3;1H. The number of para-hydroxylation sites is 1. The molecular weight excluding hydrogens is 475 g/mol. The summed E-state index contributed by atoms with van der Waals surface area (Å²) in [6.07, 6.45) is 1.85. The Balaban J connectivity index is 0.00000289. The first-order valence-electron chi connectivity index (χ1n) is 11.9. The van der Waals surface area contributed by atoms with Crippen LogP contribution < -0.4 is 0 Å². The van der Waals surface area contributed by atoms with E-state index in [1.165, 1.54) is 10.7 Å². The third kappa shape index (κ3) is 5.05. The van der Waals surface area contributed by atoms with Gasteiger partial charge in [0.2, 0.25) is 11.8 Å². The summed E-state index contributed by atoms with van der Waals surface area (Å²) < 4.78 is 26.7. The lowest BCUT2D eigenvalue weighted by atomic mass is 9.94. The molecule has 1 aromatic carbocycles. The molecule has 9 nitrogen and oxygen atoms in total. The van der Waals surface area contributed by atoms with Gasteiger partial charge in [-0.05, 0) is 43.1 Å². The van der Waals surface area contributed by atoms with Crippen molar-refractivity contribution in [3.63, 3.8) is 0 Å². The van der Waals surface area contributed by atoms with Crippen molar-refractivity contribution in [2.45, 2.75) is 38.5 Å². The van der Waals surface area contributed by atoms with Crippen LogP contribution in [0.1, 0.15) is 50.1 Å². The Morgan fingerprint density at radius 3 is 2.69 bits per heavy atom. The van der Waals surface area contributed by atoms with Crippen molar-refractivity contribution in [3.8, 4) is 5.95 Å². The van der Waals surface area contributed by atoms with Gasteiger partial charge in [0.25, 0.3) is 5.95 Å². The number of halogens is 2. The smallest absolute Gasteiger partial charge is 0.291 e. The summed E-state index contributed by atoms with van der Waals surface area (Å²) >= 11 is 0. The number of carbonyl (C=O) groups excluding carboxylic acids is 1. The summed E-state index contributed by atoms with van der Waals surface area (Å²) in [6, 6.07) is 5.00. The topological polar surface area (TPSA) is 89.5 Å². The first kappa shape index (κ1) is 25.5. The molecule has 0 atom stereocenters. The van der Waals surface area contributed by atoms with Crippen LogP contribution in [0.5, 0.6) is 0 Å². The molecule has 0 aliphatic carbocycles. The van der Waals surface area contributed by atoms with Gasteiger partial charge in [0, 0.05) is 44.0 Å². The number of likely N-dealkylation sites (tertiary alicyclic amines) is 2. The van der Waals surface area contributed by atoms with Gasteiger partial charge in [-0.25, -0.2) is 4.39 Å². The fourth-order valence-electron chi connectivity index (χ4n) is 5.03. The van der Waals surface area contributed by atoms with Gasteiger partial charge < -0.3 is 19.1 Å². The summed E-state index contributed by atoms with van der Waals surface area (Å²) in [4.78, 5) is 20.7. The third-order valence-corrected chi connectivity index (χ3v) is 6.88. The molecule has 190 valence electrons. The molecule has 0 radical (unpaired) electrons. The maximum Gasteiger partial charge on any atom is 0.291 e. The molecule has 0 spiro atoms. The van der Waals surface area contributed by atoms with Crippen LogP contribution in [0.3, 0.4) is 0 Å². The molecule has 2 saturated heterocycles. The van der Waals surface area contributed by atoms with Crippen molar-refractivity contribution >= 4 is 29.2 Å². The summed E-state index contributed by atoms with van der Waals surface area (Å²) in [6.45, 7) is 8.72. The van der Waals surface area contributed by atoms with Gasteiger partial charge in [-0.3, -0.25) is 4.79 Å². The molecule has 0 saturated carbocycles. The highest BCUT2D eigenvalue weighted by Crippen LogP contribution is 2.31. The fourth-order valence-corrected chi connectivity index (χ4v) is 5.03. The van der Waals surface area contributed by atoms with Gasteiger partial charge >= 0.3 is 0 Å². The largest absolute Gasteiger partial charge is 0.375 e. The molecule has 0 unspecified atom stereocenters. The number of nitrogens with zero attached hydrogens (tertiary/aromatic N) is 6. The highest BCUT2D eigenvalue weighted by molar-refractivity contribution is 5.85. The molecule has 0 bridgehead atoms. The second-order valence-electron chi connectivity index (χ2n) is 9.69. The summed E-state index contributed by atoms with van der Waals surface area (Å²) in [5.41, 5.74) is 1.19. The van der Waals surface area contributed by atoms with Crippen LogP contribution in [0.15, 0.2) is 22.7 Å². The molecule has 4 heterocycles. The van der Waals surface area contributed by atoms with Crippen molar-refractivity contribution < 1.29 is 18.4 Å². The highest BCUT2D eigenvalue weighted by Gasteiger charge is 2.33. The van der Waals surface area contributed by atoms with Crippen molar-refractivity contribution in [2.24, 2.45) is 5.92 Å². The molecule has 35 heavy (non-hydrogen) atoms. The van der Waals surface area contributed by atoms with E-state index in [2.05, 4.69) is 20.1 Å². The Hall–Kier alpha value is -2.56. The Labute approximate surface area is 210 Å². The average molecular weight is 507 g/mol. The van der Waals surface area contributed by atoms with Crippen LogP contribution in [0.4, 0.5) is 4.39 Å². The predicted molar refractivity (Wildman–Crippen MR) is 131 cm³/mol. The van der Waals surface area contributed by atoms with Gasteiger partial charge in [0.1, 0.15) is 17.9 Å².